The average molecular weight is 1010 g/mol. The van der Waals surface area contributed by atoms with Crippen molar-refractivity contribution in [1.82, 2.24) is 0 Å². The SMILES string of the molecule is CCCCCCCCCCCCCCCCc1cccc(S(=O)(=O)[O-])c1Oc1cccs1.CCCCCCCCCCCCCCCCc1cccc(S(=O)(=O)[O-])c1Oc1cccs1.[Na+].[Na+]. The van der Waals surface area contributed by atoms with Gasteiger partial charge in [-0.2, -0.15) is 0 Å². The predicted molar refractivity (Wildman–Crippen MR) is 266 cm³/mol. The summed E-state index contributed by atoms with van der Waals surface area (Å²) in [5, 5.41) is 4.89. The second kappa shape index (κ2) is 38.9. The van der Waals surface area contributed by atoms with Gasteiger partial charge in [0.2, 0.25) is 0 Å². The number of rotatable bonds is 36. The number of ether oxygens (including phenoxy) is 2. The standard InChI is InChI=1S/2C26H40O4S2.2Na/c2*1-2-3-4-5-6-7-8-9-10-11-12-13-14-15-18-23-19-16-20-24(32(27,28)29)26(23)30-25-21-17-22-31-25;;/h2*16-17,19-22H,2-15,18H2,1H3,(H,27,28,29);;/q;;2*+1/p-2. The minimum absolute atomic E-state index is 0. The minimum Gasteiger partial charge on any atom is -0.744 e. The van der Waals surface area contributed by atoms with Gasteiger partial charge >= 0.3 is 59.1 Å². The van der Waals surface area contributed by atoms with E-state index in [0.717, 1.165) is 36.8 Å². The molecule has 0 aliphatic carbocycles. The second-order valence-electron chi connectivity index (χ2n) is 17.2. The maximum Gasteiger partial charge on any atom is 1.00 e. The summed E-state index contributed by atoms with van der Waals surface area (Å²) in [6.45, 7) is 4.52. The third-order valence-corrected chi connectivity index (χ3v) is 14.9. The summed E-state index contributed by atoms with van der Waals surface area (Å²) < 4.78 is 81.9. The van der Waals surface area contributed by atoms with Crippen LogP contribution in [0.5, 0.6) is 21.6 Å². The molecule has 0 fully saturated rings. The molecular formula is C52H78Na2O8S4. The Morgan fingerprint density at radius 3 is 0.909 bits per heavy atom. The van der Waals surface area contributed by atoms with Crippen molar-refractivity contribution in [1.29, 1.82) is 0 Å². The Morgan fingerprint density at radius 1 is 0.394 bits per heavy atom. The molecule has 4 aromatic rings. The molecule has 0 saturated heterocycles. The van der Waals surface area contributed by atoms with Crippen molar-refractivity contribution >= 4 is 42.9 Å². The maximum absolute atomic E-state index is 11.7. The summed E-state index contributed by atoms with van der Waals surface area (Å²) >= 11 is 2.75. The third-order valence-electron chi connectivity index (χ3n) is 11.7. The molecule has 0 saturated carbocycles. The van der Waals surface area contributed by atoms with Crippen molar-refractivity contribution in [3.63, 3.8) is 0 Å². The van der Waals surface area contributed by atoms with Crippen molar-refractivity contribution in [2.75, 3.05) is 0 Å². The van der Waals surface area contributed by atoms with Crippen LogP contribution in [-0.2, 0) is 33.1 Å². The molecule has 0 radical (unpaired) electrons. The largest absolute Gasteiger partial charge is 1.00 e. The Kier molecular flexibility index (Phi) is 37.3. The quantitative estimate of drug-likeness (QED) is 0.0250. The molecule has 2 aromatic carbocycles. The summed E-state index contributed by atoms with van der Waals surface area (Å²) in [5.41, 5.74) is 1.57. The molecule has 8 nitrogen and oxygen atoms in total. The van der Waals surface area contributed by atoms with E-state index >= 15 is 0 Å². The first-order valence-electron chi connectivity index (χ1n) is 24.6. The molecule has 2 heterocycles. The van der Waals surface area contributed by atoms with E-state index in [1.54, 1.807) is 24.3 Å². The topological polar surface area (TPSA) is 133 Å². The Balaban J connectivity index is 0.000000641. The summed E-state index contributed by atoms with van der Waals surface area (Å²) in [4.78, 5) is -0.539. The first-order valence-corrected chi connectivity index (χ1v) is 29.2. The molecule has 0 aliphatic heterocycles. The number of thiophene rings is 2. The van der Waals surface area contributed by atoms with Gasteiger partial charge in [0.15, 0.2) is 10.1 Å². The molecule has 0 atom stereocenters. The molecule has 4 rings (SSSR count). The normalized spacial score (nSPS) is 11.3. The monoisotopic (exact) mass is 1000 g/mol. The molecule has 0 unspecified atom stereocenters. The van der Waals surface area contributed by atoms with E-state index < -0.39 is 20.2 Å². The van der Waals surface area contributed by atoms with Crippen LogP contribution in [-0.4, -0.2) is 25.9 Å². The van der Waals surface area contributed by atoms with Crippen molar-refractivity contribution < 1.29 is 94.5 Å². The van der Waals surface area contributed by atoms with Gasteiger partial charge in [-0.3, -0.25) is 0 Å². The van der Waals surface area contributed by atoms with Gasteiger partial charge < -0.3 is 18.6 Å². The van der Waals surface area contributed by atoms with Gasteiger partial charge in [0.05, 0.1) is 9.79 Å². The second-order valence-corrected chi connectivity index (χ2v) is 21.7. The summed E-state index contributed by atoms with van der Waals surface area (Å²) in [5.74, 6) is 0.388. The number of para-hydroxylation sites is 2. The molecule has 0 aliphatic rings. The molecule has 2 aromatic heterocycles. The van der Waals surface area contributed by atoms with E-state index in [4.69, 9.17) is 9.47 Å². The van der Waals surface area contributed by atoms with Crippen LogP contribution in [0.3, 0.4) is 0 Å². The van der Waals surface area contributed by atoms with Crippen LogP contribution >= 0.6 is 22.7 Å². The van der Waals surface area contributed by atoms with Gasteiger partial charge in [-0.25, -0.2) is 16.8 Å². The van der Waals surface area contributed by atoms with Crippen LogP contribution in [0.25, 0.3) is 0 Å². The maximum atomic E-state index is 11.7. The van der Waals surface area contributed by atoms with Gasteiger partial charge in [-0.1, -0.05) is 205 Å². The minimum atomic E-state index is -4.59. The first-order chi connectivity index (χ1) is 31.0. The fourth-order valence-corrected chi connectivity index (χ4v) is 10.5. The van der Waals surface area contributed by atoms with E-state index in [-0.39, 0.29) is 80.4 Å². The van der Waals surface area contributed by atoms with E-state index in [2.05, 4.69) is 13.8 Å². The Labute approximate surface area is 453 Å². The number of hydrogen-bond donors (Lipinski definition) is 0. The Hall–Kier alpha value is -0.740. The van der Waals surface area contributed by atoms with Crippen LogP contribution < -0.4 is 68.6 Å². The molecular weight excluding hydrogens is 927 g/mol. The Morgan fingerprint density at radius 2 is 0.667 bits per heavy atom. The van der Waals surface area contributed by atoms with Crippen molar-refractivity contribution in [2.24, 2.45) is 0 Å². The zero-order valence-electron chi connectivity index (χ0n) is 41.0. The van der Waals surface area contributed by atoms with Gasteiger partial charge in [0.1, 0.15) is 31.7 Å². The zero-order valence-corrected chi connectivity index (χ0v) is 48.3. The van der Waals surface area contributed by atoms with E-state index in [0.29, 0.717) is 23.0 Å². The molecule has 0 bridgehead atoms. The van der Waals surface area contributed by atoms with E-state index in [1.807, 2.05) is 35.0 Å². The van der Waals surface area contributed by atoms with Crippen LogP contribution in [0.4, 0.5) is 0 Å². The molecule has 0 spiro atoms. The Bertz CT molecular complexity index is 1850. The molecule has 0 amide bonds. The fourth-order valence-electron chi connectivity index (χ4n) is 8.01. The fraction of sp³-hybridized carbons (Fsp3) is 0.615. The first kappa shape index (κ1) is 63.3. The molecule has 66 heavy (non-hydrogen) atoms. The van der Waals surface area contributed by atoms with Gasteiger partial charge in [-0.05, 0) is 84.0 Å². The van der Waals surface area contributed by atoms with Gasteiger partial charge in [-0.15, -0.1) is 22.7 Å². The average Bonchev–Trinajstić information content (AvgIpc) is 3.99. The van der Waals surface area contributed by atoms with Gasteiger partial charge in [0.25, 0.3) is 0 Å². The summed E-state index contributed by atoms with van der Waals surface area (Å²) in [6.07, 6.45) is 37.7. The molecule has 0 N–H and O–H groups in total. The summed E-state index contributed by atoms with van der Waals surface area (Å²) in [7, 11) is -9.18. The predicted octanol–water partition coefficient (Wildman–Crippen LogP) is 10.9. The number of benzene rings is 2. The van der Waals surface area contributed by atoms with Crippen LogP contribution in [0, 0.1) is 0 Å². The van der Waals surface area contributed by atoms with Crippen molar-refractivity contribution in [3.8, 4) is 21.6 Å². The number of hydrogen-bond acceptors (Lipinski definition) is 10. The van der Waals surface area contributed by atoms with Crippen molar-refractivity contribution in [3.05, 3.63) is 82.6 Å². The zero-order chi connectivity index (χ0) is 46.1. The third kappa shape index (κ3) is 28.2. The molecule has 14 heteroatoms. The van der Waals surface area contributed by atoms with Crippen LogP contribution in [0.2, 0.25) is 0 Å². The van der Waals surface area contributed by atoms with Crippen molar-refractivity contribution in [2.45, 2.75) is 216 Å². The smallest absolute Gasteiger partial charge is 0.744 e. The number of aryl methyl sites for hydroxylation is 2. The number of unbranched alkanes of at least 4 members (excludes halogenated alkanes) is 26. The van der Waals surface area contributed by atoms with Crippen LogP contribution in [0.1, 0.15) is 205 Å². The van der Waals surface area contributed by atoms with Crippen LogP contribution in [0.15, 0.2) is 81.2 Å². The molecule has 360 valence electrons. The summed E-state index contributed by atoms with van der Waals surface area (Å²) in [6, 6.07) is 16.9. The van der Waals surface area contributed by atoms with Gasteiger partial charge in [0, 0.05) is 0 Å². The van der Waals surface area contributed by atoms with E-state index in [1.165, 1.54) is 189 Å². The van der Waals surface area contributed by atoms with E-state index in [9.17, 15) is 25.9 Å².